The fourth-order valence-corrected chi connectivity index (χ4v) is 4.87. The first-order chi connectivity index (χ1) is 16.0. The number of fused-ring (bicyclic) bond motifs is 1. The molecule has 1 aromatic heterocycles. The van der Waals surface area contributed by atoms with Crippen LogP contribution in [0.1, 0.15) is 29.3 Å². The van der Waals surface area contributed by atoms with Crippen molar-refractivity contribution in [3.63, 3.8) is 0 Å². The van der Waals surface area contributed by atoms with Crippen LogP contribution in [0.4, 0.5) is 5.69 Å². The quantitative estimate of drug-likeness (QED) is 0.360. The van der Waals surface area contributed by atoms with Crippen LogP contribution in [0, 0.1) is 13.8 Å². The second kappa shape index (κ2) is 8.91. The van der Waals surface area contributed by atoms with Gasteiger partial charge < -0.3 is 14.2 Å². The number of ether oxygens (including phenoxy) is 1. The molecule has 1 aliphatic rings. The van der Waals surface area contributed by atoms with Crippen LogP contribution in [0.5, 0.6) is 5.75 Å². The zero-order valence-corrected chi connectivity index (χ0v) is 19.5. The Morgan fingerprint density at radius 2 is 1.82 bits per heavy atom. The van der Waals surface area contributed by atoms with Crippen LogP contribution in [0.15, 0.2) is 66.7 Å². The van der Waals surface area contributed by atoms with Crippen LogP contribution in [0.3, 0.4) is 0 Å². The fraction of sp³-hybridized carbons (Fsp3) is 0.259. The van der Waals surface area contributed by atoms with Gasteiger partial charge in [-0.3, -0.25) is 4.79 Å². The van der Waals surface area contributed by atoms with Crippen LogP contribution < -0.4 is 9.64 Å². The molecule has 2 heterocycles. The molecule has 1 amide bonds. The van der Waals surface area contributed by atoms with Crippen molar-refractivity contribution in [1.82, 2.24) is 9.55 Å². The summed E-state index contributed by atoms with van der Waals surface area (Å²) in [4.78, 5) is 19.6. The van der Waals surface area contributed by atoms with Gasteiger partial charge in [0.1, 0.15) is 18.2 Å². The average Bonchev–Trinajstić information content (AvgIpc) is 3.34. The maximum absolute atomic E-state index is 12.9. The Morgan fingerprint density at radius 3 is 2.61 bits per heavy atom. The van der Waals surface area contributed by atoms with Gasteiger partial charge in [-0.05, 0) is 67.4 Å². The van der Waals surface area contributed by atoms with Gasteiger partial charge in [-0.25, -0.2) is 4.98 Å². The molecule has 4 aromatic rings. The molecular formula is C27H26ClN3O2. The number of benzene rings is 3. The van der Waals surface area contributed by atoms with E-state index >= 15 is 0 Å². The number of hydrogen-bond donors (Lipinski definition) is 0. The number of aromatic nitrogens is 2. The molecule has 0 saturated carbocycles. The average molecular weight is 460 g/mol. The lowest BCUT2D eigenvalue weighted by atomic mass is 10.1. The second-order valence-corrected chi connectivity index (χ2v) is 9.10. The molecule has 1 saturated heterocycles. The van der Waals surface area contributed by atoms with Gasteiger partial charge in [-0.2, -0.15) is 0 Å². The molecule has 0 spiro atoms. The third-order valence-electron chi connectivity index (χ3n) is 6.07. The van der Waals surface area contributed by atoms with Crippen LogP contribution in [0.25, 0.3) is 11.0 Å². The largest absolute Gasteiger partial charge is 0.492 e. The molecule has 5 nitrogen and oxygen atoms in total. The minimum atomic E-state index is 0.00472. The lowest BCUT2D eigenvalue weighted by molar-refractivity contribution is -0.117. The topological polar surface area (TPSA) is 47.4 Å². The van der Waals surface area contributed by atoms with Crippen molar-refractivity contribution in [2.45, 2.75) is 32.7 Å². The molecule has 1 atom stereocenters. The number of imidazole rings is 1. The summed E-state index contributed by atoms with van der Waals surface area (Å²) in [7, 11) is 0. The van der Waals surface area contributed by atoms with Crippen molar-refractivity contribution >= 4 is 34.2 Å². The number of rotatable bonds is 6. The molecule has 5 rings (SSSR count). The third-order valence-corrected chi connectivity index (χ3v) is 6.31. The molecule has 33 heavy (non-hydrogen) atoms. The van der Waals surface area contributed by atoms with Crippen molar-refractivity contribution < 1.29 is 9.53 Å². The normalized spacial score (nSPS) is 16.0. The molecule has 0 aliphatic carbocycles. The molecule has 0 radical (unpaired) electrons. The molecule has 0 unspecified atom stereocenters. The lowest BCUT2D eigenvalue weighted by Crippen LogP contribution is -2.24. The van der Waals surface area contributed by atoms with E-state index in [1.807, 2.05) is 47.4 Å². The Kier molecular flexibility index (Phi) is 5.81. The number of hydrogen-bond acceptors (Lipinski definition) is 3. The van der Waals surface area contributed by atoms with E-state index in [9.17, 15) is 4.79 Å². The van der Waals surface area contributed by atoms with E-state index in [2.05, 4.69) is 42.7 Å². The number of nitrogens with zero attached hydrogens (tertiary/aromatic N) is 3. The number of carbonyl (C=O) groups excluding carboxylic acids is 1. The van der Waals surface area contributed by atoms with Crippen molar-refractivity contribution in [2.24, 2.45) is 0 Å². The molecule has 6 heteroatoms. The lowest BCUT2D eigenvalue weighted by Gasteiger charge is -2.18. The fourth-order valence-electron chi connectivity index (χ4n) is 4.69. The van der Waals surface area contributed by atoms with Gasteiger partial charge in [-0.15, -0.1) is 0 Å². The minimum absolute atomic E-state index is 0.00472. The van der Waals surface area contributed by atoms with E-state index < -0.39 is 0 Å². The van der Waals surface area contributed by atoms with Gasteiger partial charge in [0.15, 0.2) is 0 Å². The predicted molar refractivity (Wildman–Crippen MR) is 132 cm³/mol. The van der Waals surface area contributed by atoms with E-state index in [1.165, 1.54) is 11.1 Å². The zero-order chi connectivity index (χ0) is 22.9. The van der Waals surface area contributed by atoms with E-state index in [1.54, 1.807) is 0 Å². The van der Waals surface area contributed by atoms with Crippen LogP contribution in [-0.2, 0) is 11.3 Å². The Hall–Kier alpha value is -3.31. The molecular weight excluding hydrogens is 434 g/mol. The Balaban J connectivity index is 1.40. The summed E-state index contributed by atoms with van der Waals surface area (Å²) >= 11 is 6.16. The van der Waals surface area contributed by atoms with Gasteiger partial charge in [0.2, 0.25) is 5.91 Å². The highest BCUT2D eigenvalue weighted by molar-refractivity contribution is 6.30. The smallest absolute Gasteiger partial charge is 0.227 e. The number of anilines is 1. The summed E-state index contributed by atoms with van der Waals surface area (Å²) in [6.07, 6.45) is 0.424. The molecule has 1 fully saturated rings. The summed E-state index contributed by atoms with van der Waals surface area (Å²) in [5.41, 5.74) is 5.20. The maximum atomic E-state index is 12.9. The number of halogens is 1. The van der Waals surface area contributed by atoms with E-state index in [0.29, 0.717) is 31.1 Å². The Labute approximate surface area is 198 Å². The summed E-state index contributed by atoms with van der Waals surface area (Å²) in [6, 6.07) is 21.8. The number of amides is 1. The maximum Gasteiger partial charge on any atom is 0.227 e. The summed E-state index contributed by atoms with van der Waals surface area (Å²) in [5.74, 6) is 1.90. The first-order valence-electron chi connectivity index (χ1n) is 11.2. The van der Waals surface area contributed by atoms with Crippen molar-refractivity contribution in [3.05, 3.63) is 88.7 Å². The van der Waals surface area contributed by atoms with Crippen molar-refractivity contribution in [2.75, 3.05) is 18.1 Å². The van der Waals surface area contributed by atoms with Crippen LogP contribution in [0.2, 0.25) is 5.02 Å². The Bertz CT molecular complexity index is 1310. The first kappa shape index (κ1) is 21.5. The molecule has 168 valence electrons. The van der Waals surface area contributed by atoms with Gasteiger partial charge >= 0.3 is 0 Å². The van der Waals surface area contributed by atoms with Crippen LogP contribution >= 0.6 is 11.6 Å². The van der Waals surface area contributed by atoms with Crippen LogP contribution in [-0.4, -0.2) is 28.6 Å². The predicted octanol–water partition coefficient (Wildman–Crippen LogP) is 5.91. The molecule has 0 N–H and O–H groups in total. The van der Waals surface area contributed by atoms with Crippen molar-refractivity contribution in [1.29, 1.82) is 0 Å². The van der Waals surface area contributed by atoms with E-state index in [-0.39, 0.29) is 11.8 Å². The molecule has 3 aromatic carbocycles. The van der Waals surface area contributed by atoms with Gasteiger partial charge in [0.05, 0.1) is 17.6 Å². The minimum Gasteiger partial charge on any atom is -0.492 e. The Morgan fingerprint density at radius 1 is 1.03 bits per heavy atom. The SMILES string of the molecule is Cc1cc(C)cc(OCCn2c([C@H]3CC(=O)N(c4cccc(Cl)c4)C3)nc3ccccc32)c1. The third kappa shape index (κ3) is 4.46. The zero-order valence-electron chi connectivity index (χ0n) is 18.8. The van der Waals surface area contributed by atoms with Gasteiger partial charge in [0.25, 0.3) is 0 Å². The second-order valence-electron chi connectivity index (χ2n) is 8.67. The van der Waals surface area contributed by atoms with Crippen molar-refractivity contribution in [3.8, 4) is 5.75 Å². The highest BCUT2D eigenvalue weighted by Gasteiger charge is 2.34. The first-order valence-corrected chi connectivity index (χ1v) is 11.6. The summed E-state index contributed by atoms with van der Waals surface area (Å²) in [5, 5.41) is 0.625. The number of aryl methyl sites for hydroxylation is 2. The standard InChI is InChI=1S/C27H26ClN3O2/c1-18-12-19(2)14-23(13-18)33-11-10-30-25-9-4-3-8-24(25)29-27(30)20-15-26(32)31(17-20)22-7-5-6-21(28)16-22/h3-9,12-14,16,20H,10-11,15,17H2,1-2H3/t20-/m0/s1. The highest BCUT2D eigenvalue weighted by atomic mass is 35.5. The number of para-hydroxylation sites is 2. The highest BCUT2D eigenvalue weighted by Crippen LogP contribution is 2.34. The van der Waals surface area contributed by atoms with Gasteiger partial charge in [-0.1, -0.05) is 35.9 Å². The van der Waals surface area contributed by atoms with E-state index in [4.69, 9.17) is 21.3 Å². The molecule has 0 bridgehead atoms. The monoisotopic (exact) mass is 459 g/mol. The summed E-state index contributed by atoms with van der Waals surface area (Å²) < 4.78 is 8.30. The summed E-state index contributed by atoms with van der Waals surface area (Å²) in [6.45, 7) is 5.91. The van der Waals surface area contributed by atoms with Gasteiger partial charge in [0, 0.05) is 29.6 Å². The molecule has 1 aliphatic heterocycles. The number of carbonyl (C=O) groups is 1. The van der Waals surface area contributed by atoms with E-state index in [0.717, 1.165) is 28.3 Å².